The average Bonchev–Trinajstić information content (AvgIpc) is 2.88. The Morgan fingerprint density at radius 3 is 2.21 bits per heavy atom. The van der Waals surface area contributed by atoms with E-state index in [0.29, 0.717) is 35.7 Å². The van der Waals surface area contributed by atoms with Crippen LogP contribution in [0.5, 0.6) is 5.75 Å². The molecular weight excluding hydrogens is 414 g/mol. The van der Waals surface area contributed by atoms with Crippen molar-refractivity contribution in [2.24, 2.45) is 0 Å². The molecule has 0 saturated heterocycles. The lowest BCUT2D eigenvalue weighted by Crippen LogP contribution is -2.25. The Bertz CT molecular complexity index is 1230. The smallest absolute Gasteiger partial charge is 0.259 e. The Hall–Kier alpha value is -4.45. The Kier molecular flexibility index (Phi) is 7.08. The second-order valence-electron chi connectivity index (χ2n) is 7.31. The van der Waals surface area contributed by atoms with Crippen molar-refractivity contribution < 1.29 is 14.3 Å². The summed E-state index contributed by atoms with van der Waals surface area (Å²) in [5.74, 6) is -0.174. The van der Waals surface area contributed by atoms with Crippen molar-refractivity contribution in [2.45, 2.75) is 13.2 Å². The Morgan fingerprint density at radius 1 is 0.727 bits per heavy atom. The predicted molar refractivity (Wildman–Crippen MR) is 127 cm³/mol. The number of carbonyl (C=O) groups excluding carboxylic acids is 2. The number of aromatic nitrogens is 1. The molecule has 3 aromatic carbocycles. The quantitative estimate of drug-likeness (QED) is 0.413. The molecule has 0 aliphatic rings. The summed E-state index contributed by atoms with van der Waals surface area (Å²) in [6.45, 7) is 0.684. The third-order valence-corrected chi connectivity index (χ3v) is 4.96. The van der Waals surface area contributed by atoms with E-state index in [1.807, 2.05) is 48.5 Å². The number of carbonyl (C=O) groups is 2. The Labute approximate surface area is 192 Å². The van der Waals surface area contributed by atoms with E-state index < -0.39 is 0 Å². The lowest BCUT2D eigenvalue weighted by atomic mass is 10.1. The molecule has 0 fully saturated rings. The van der Waals surface area contributed by atoms with Crippen molar-refractivity contribution in [3.63, 3.8) is 0 Å². The molecule has 2 N–H and O–H groups in total. The maximum Gasteiger partial charge on any atom is 0.259 e. The lowest BCUT2D eigenvalue weighted by molar-refractivity contribution is 0.0951. The molecule has 0 aliphatic carbocycles. The van der Waals surface area contributed by atoms with Crippen molar-refractivity contribution in [1.82, 2.24) is 10.3 Å². The summed E-state index contributed by atoms with van der Waals surface area (Å²) in [5, 5.41) is 5.72. The maximum atomic E-state index is 13.1. The van der Waals surface area contributed by atoms with Crippen LogP contribution >= 0.6 is 0 Å². The molecule has 0 atom stereocenters. The fraction of sp³-hybridized carbons (Fsp3) is 0.0741. The van der Waals surface area contributed by atoms with E-state index in [-0.39, 0.29) is 11.8 Å². The van der Waals surface area contributed by atoms with Crippen LogP contribution in [0.25, 0.3) is 0 Å². The summed E-state index contributed by atoms with van der Waals surface area (Å²) in [5.41, 5.74) is 3.07. The number of amides is 2. The second kappa shape index (κ2) is 10.7. The molecule has 0 saturated carbocycles. The van der Waals surface area contributed by atoms with Gasteiger partial charge in [0.25, 0.3) is 11.8 Å². The molecule has 0 aliphatic heterocycles. The molecule has 2 amide bonds. The number of ether oxygens (including phenoxy) is 1. The van der Waals surface area contributed by atoms with Gasteiger partial charge < -0.3 is 15.4 Å². The number of anilines is 1. The fourth-order valence-electron chi connectivity index (χ4n) is 3.28. The van der Waals surface area contributed by atoms with Gasteiger partial charge in [-0.05, 0) is 41.5 Å². The van der Waals surface area contributed by atoms with Gasteiger partial charge in [-0.1, -0.05) is 60.7 Å². The van der Waals surface area contributed by atoms with Crippen LogP contribution in [0.1, 0.15) is 31.8 Å². The summed E-state index contributed by atoms with van der Waals surface area (Å²) in [6, 6.07) is 27.4. The molecule has 164 valence electrons. The number of hydrogen-bond acceptors (Lipinski definition) is 4. The van der Waals surface area contributed by atoms with Gasteiger partial charge in [0.2, 0.25) is 0 Å². The Balaban J connectivity index is 1.46. The molecule has 0 spiro atoms. The maximum absolute atomic E-state index is 13.1. The van der Waals surface area contributed by atoms with E-state index in [9.17, 15) is 9.59 Å². The number of hydrogen-bond donors (Lipinski definition) is 2. The van der Waals surface area contributed by atoms with Gasteiger partial charge in [-0.2, -0.15) is 0 Å². The van der Waals surface area contributed by atoms with E-state index in [1.54, 1.807) is 54.9 Å². The van der Waals surface area contributed by atoms with Gasteiger partial charge in [0.15, 0.2) is 0 Å². The van der Waals surface area contributed by atoms with Crippen LogP contribution in [0, 0.1) is 0 Å². The van der Waals surface area contributed by atoms with E-state index in [0.717, 1.165) is 11.1 Å². The standard InChI is InChI=1S/C27H23N3O3/c31-26(29-18-21-11-8-16-28-17-21)22-12-4-6-14-24(22)30-27(32)23-13-5-7-15-25(23)33-19-20-9-2-1-3-10-20/h1-17H,18-19H2,(H,29,31)(H,30,32). The molecular formula is C27H23N3O3. The van der Waals surface area contributed by atoms with Crippen molar-refractivity contribution in [3.8, 4) is 5.75 Å². The SMILES string of the molecule is O=C(NCc1cccnc1)c1ccccc1NC(=O)c1ccccc1OCc1ccccc1. The van der Waals surface area contributed by atoms with E-state index >= 15 is 0 Å². The van der Waals surface area contributed by atoms with E-state index in [2.05, 4.69) is 15.6 Å². The van der Waals surface area contributed by atoms with Gasteiger partial charge in [0, 0.05) is 18.9 Å². The number of para-hydroxylation sites is 2. The molecule has 6 nitrogen and oxygen atoms in total. The number of pyridine rings is 1. The van der Waals surface area contributed by atoms with Crippen LogP contribution < -0.4 is 15.4 Å². The first-order chi connectivity index (χ1) is 16.2. The molecule has 4 rings (SSSR count). The molecule has 0 unspecified atom stereocenters. The van der Waals surface area contributed by atoms with Crippen LogP contribution in [0.3, 0.4) is 0 Å². The lowest BCUT2D eigenvalue weighted by Gasteiger charge is -2.14. The summed E-state index contributed by atoms with van der Waals surface area (Å²) in [4.78, 5) is 29.9. The number of benzene rings is 3. The van der Waals surface area contributed by atoms with Gasteiger partial charge in [-0.3, -0.25) is 14.6 Å². The molecule has 0 radical (unpaired) electrons. The van der Waals surface area contributed by atoms with Crippen molar-refractivity contribution in [1.29, 1.82) is 0 Å². The number of rotatable bonds is 8. The molecule has 1 heterocycles. The first-order valence-corrected chi connectivity index (χ1v) is 10.5. The fourth-order valence-corrected chi connectivity index (χ4v) is 3.28. The second-order valence-corrected chi connectivity index (χ2v) is 7.31. The summed E-state index contributed by atoms with van der Waals surface area (Å²) in [7, 11) is 0. The largest absolute Gasteiger partial charge is 0.488 e. The van der Waals surface area contributed by atoms with Crippen LogP contribution in [-0.4, -0.2) is 16.8 Å². The van der Waals surface area contributed by atoms with E-state index in [4.69, 9.17) is 4.74 Å². The van der Waals surface area contributed by atoms with Crippen LogP contribution in [0.4, 0.5) is 5.69 Å². The van der Waals surface area contributed by atoms with Gasteiger partial charge in [0.05, 0.1) is 16.8 Å². The molecule has 6 heteroatoms. The molecule has 4 aromatic rings. The number of nitrogens with zero attached hydrogens (tertiary/aromatic N) is 1. The van der Waals surface area contributed by atoms with Crippen LogP contribution in [-0.2, 0) is 13.2 Å². The normalized spacial score (nSPS) is 10.3. The topological polar surface area (TPSA) is 80.3 Å². The predicted octanol–water partition coefficient (Wildman–Crippen LogP) is 4.84. The Morgan fingerprint density at radius 2 is 1.42 bits per heavy atom. The zero-order valence-electron chi connectivity index (χ0n) is 17.9. The monoisotopic (exact) mass is 437 g/mol. The van der Waals surface area contributed by atoms with Crippen LogP contribution in [0.2, 0.25) is 0 Å². The highest BCUT2D eigenvalue weighted by Gasteiger charge is 2.17. The van der Waals surface area contributed by atoms with Crippen molar-refractivity contribution in [2.75, 3.05) is 5.32 Å². The van der Waals surface area contributed by atoms with Crippen molar-refractivity contribution >= 4 is 17.5 Å². The third-order valence-electron chi connectivity index (χ3n) is 4.96. The first kappa shape index (κ1) is 21.8. The molecule has 33 heavy (non-hydrogen) atoms. The third kappa shape index (κ3) is 5.83. The van der Waals surface area contributed by atoms with Crippen molar-refractivity contribution in [3.05, 3.63) is 126 Å². The summed E-state index contributed by atoms with van der Waals surface area (Å²) in [6.07, 6.45) is 3.37. The molecule has 1 aromatic heterocycles. The summed E-state index contributed by atoms with van der Waals surface area (Å²) < 4.78 is 5.90. The number of nitrogens with one attached hydrogen (secondary N) is 2. The minimum absolute atomic E-state index is 0.289. The van der Waals surface area contributed by atoms with Gasteiger partial charge >= 0.3 is 0 Å². The average molecular weight is 437 g/mol. The highest BCUT2D eigenvalue weighted by molar-refractivity contribution is 6.10. The zero-order chi connectivity index (χ0) is 22.9. The van der Waals surface area contributed by atoms with Gasteiger partial charge in [-0.15, -0.1) is 0 Å². The van der Waals surface area contributed by atoms with Gasteiger partial charge in [0.1, 0.15) is 12.4 Å². The highest BCUT2D eigenvalue weighted by atomic mass is 16.5. The van der Waals surface area contributed by atoms with E-state index in [1.165, 1.54) is 0 Å². The zero-order valence-corrected chi connectivity index (χ0v) is 17.9. The van der Waals surface area contributed by atoms with Gasteiger partial charge in [-0.25, -0.2) is 0 Å². The van der Waals surface area contributed by atoms with Crippen LogP contribution in [0.15, 0.2) is 103 Å². The first-order valence-electron chi connectivity index (χ1n) is 10.5. The minimum Gasteiger partial charge on any atom is -0.488 e. The molecule has 0 bridgehead atoms. The summed E-state index contributed by atoms with van der Waals surface area (Å²) >= 11 is 0. The highest BCUT2D eigenvalue weighted by Crippen LogP contribution is 2.22. The minimum atomic E-state index is -0.355.